The molecule has 0 aliphatic carbocycles. The summed E-state index contributed by atoms with van der Waals surface area (Å²) in [4.78, 5) is 37.4. The second kappa shape index (κ2) is 5.61. The third-order valence-electron chi connectivity index (χ3n) is 3.76. The van der Waals surface area contributed by atoms with Gasteiger partial charge in [-0.25, -0.2) is 4.79 Å². The number of para-hydroxylation sites is 1. The standard InChI is InChI=1S/C15H15N3O4/c19-12-6-5-10(14(20)18-12)16-7-11-13(15(21)22)8-3-1-2-4-9(8)17-11/h1-4,10,16-17H,5-7H2,(H,21,22)(H,18,19,20). The fraction of sp³-hybridized carbons (Fsp3) is 0.267. The molecular weight excluding hydrogens is 286 g/mol. The molecule has 114 valence electrons. The summed E-state index contributed by atoms with van der Waals surface area (Å²) in [5.74, 6) is -1.67. The minimum absolute atomic E-state index is 0.204. The van der Waals surface area contributed by atoms with E-state index in [0.29, 0.717) is 17.5 Å². The second-order valence-corrected chi connectivity index (χ2v) is 5.21. The quantitative estimate of drug-likeness (QED) is 0.623. The number of H-pyrrole nitrogens is 1. The number of hydrogen-bond acceptors (Lipinski definition) is 4. The third-order valence-corrected chi connectivity index (χ3v) is 3.76. The fourth-order valence-electron chi connectivity index (χ4n) is 2.69. The van der Waals surface area contributed by atoms with E-state index in [2.05, 4.69) is 15.6 Å². The van der Waals surface area contributed by atoms with Crippen molar-refractivity contribution in [1.29, 1.82) is 0 Å². The lowest BCUT2D eigenvalue weighted by Crippen LogP contribution is -2.50. The van der Waals surface area contributed by atoms with Gasteiger partial charge in [0.2, 0.25) is 11.8 Å². The topological polar surface area (TPSA) is 111 Å². The first-order chi connectivity index (χ1) is 10.6. The van der Waals surface area contributed by atoms with Crippen LogP contribution in [0, 0.1) is 0 Å². The predicted octanol–water partition coefficient (Wildman–Crippen LogP) is 0.761. The zero-order chi connectivity index (χ0) is 15.7. The number of fused-ring (bicyclic) bond motifs is 1. The molecule has 1 atom stereocenters. The average molecular weight is 301 g/mol. The Morgan fingerprint density at radius 2 is 2.09 bits per heavy atom. The first kappa shape index (κ1) is 14.3. The van der Waals surface area contributed by atoms with Crippen molar-refractivity contribution >= 4 is 28.7 Å². The number of carboxylic acid groups (broad SMARTS) is 1. The van der Waals surface area contributed by atoms with Gasteiger partial charge in [-0.1, -0.05) is 18.2 Å². The van der Waals surface area contributed by atoms with Crippen LogP contribution in [0.1, 0.15) is 28.9 Å². The number of benzene rings is 1. The summed E-state index contributed by atoms with van der Waals surface area (Å²) in [6.45, 7) is 0.211. The second-order valence-electron chi connectivity index (χ2n) is 5.21. The van der Waals surface area contributed by atoms with Crippen LogP contribution in [-0.2, 0) is 16.1 Å². The van der Waals surface area contributed by atoms with E-state index in [4.69, 9.17) is 0 Å². The van der Waals surface area contributed by atoms with E-state index in [1.54, 1.807) is 18.2 Å². The van der Waals surface area contributed by atoms with Crippen LogP contribution in [0.3, 0.4) is 0 Å². The van der Waals surface area contributed by atoms with Gasteiger partial charge in [-0.15, -0.1) is 0 Å². The molecule has 7 heteroatoms. The Kier molecular flexibility index (Phi) is 3.64. The number of aromatic amines is 1. The Balaban J connectivity index is 1.82. The smallest absolute Gasteiger partial charge is 0.338 e. The van der Waals surface area contributed by atoms with Crippen molar-refractivity contribution in [2.45, 2.75) is 25.4 Å². The van der Waals surface area contributed by atoms with E-state index >= 15 is 0 Å². The summed E-state index contributed by atoms with van der Waals surface area (Å²) in [5, 5.41) is 15.3. The molecule has 0 saturated carbocycles. The zero-order valence-corrected chi connectivity index (χ0v) is 11.7. The number of amides is 2. The molecule has 2 aromatic rings. The van der Waals surface area contributed by atoms with Crippen LogP contribution in [0.4, 0.5) is 0 Å². The Bertz CT molecular complexity index is 765. The van der Waals surface area contributed by atoms with Crippen molar-refractivity contribution < 1.29 is 19.5 Å². The molecule has 0 spiro atoms. The number of imide groups is 1. The molecule has 1 unspecified atom stereocenters. The van der Waals surface area contributed by atoms with Gasteiger partial charge >= 0.3 is 5.97 Å². The number of piperidine rings is 1. The molecule has 2 heterocycles. The predicted molar refractivity (Wildman–Crippen MR) is 78.3 cm³/mol. The van der Waals surface area contributed by atoms with E-state index in [1.807, 2.05) is 6.07 Å². The zero-order valence-electron chi connectivity index (χ0n) is 11.7. The van der Waals surface area contributed by atoms with Crippen molar-refractivity contribution in [3.8, 4) is 0 Å². The van der Waals surface area contributed by atoms with Crippen molar-refractivity contribution in [1.82, 2.24) is 15.6 Å². The van der Waals surface area contributed by atoms with Crippen molar-refractivity contribution in [2.75, 3.05) is 0 Å². The van der Waals surface area contributed by atoms with Crippen LogP contribution in [0.25, 0.3) is 10.9 Å². The average Bonchev–Trinajstić information content (AvgIpc) is 2.84. The molecule has 3 rings (SSSR count). The molecule has 1 aliphatic rings. The normalized spacial score (nSPS) is 18.5. The molecule has 0 bridgehead atoms. The van der Waals surface area contributed by atoms with Gasteiger partial charge in [0, 0.05) is 29.6 Å². The molecule has 4 N–H and O–H groups in total. The molecule has 22 heavy (non-hydrogen) atoms. The van der Waals surface area contributed by atoms with Gasteiger partial charge in [-0.3, -0.25) is 14.9 Å². The maximum Gasteiger partial charge on any atom is 0.338 e. The van der Waals surface area contributed by atoms with Crippen LogP contribution in [-0.4, -0.2) is 33.9 Å². The minimum Gasteiger partial charge on any atom is -0.478 e. The van der Waals surface area contributed by atoms with Crippen LogP contribution in [0.15, 0.2) is 24.3 Å². The van der Waals surface area contributed by atoms with Gasteiger partial charge in [0.1, 0.15) is 0 Å². The Morgan fingerprint density at radius 3 is 2.82 bits per heavy atom. The van der Waals surface area contributed by atoms with Crippen LogP contribution < -0.4 is 10.6 Å². The summed E-state index contributed by atoms with van der Waals surface area (Å²) in [6.07, 6.45) is 0.690. The molecule has 1 saturated heterocycles. The van der Waals surface area contributed by atoms with E-state index in [1.165, 1.54) is 0 Å². The van der Waals surface area contributed by atoms with Gasteiger partial charge in [0.05, 0.1) is 11.6 Å². The summed E-state index contributed by atoms with van der Waals surface area (Å²) in [5.41, 5.74) is 1.45. The van der Waals surface area contributed by atoms with Crippen molar-refractivity contribution in [3.63, 3.8) is 0 Å². The SMILES string of the molecule is O=C1CCC(NCc2[nH]c3ccccc3c2C(=O)O)C(=O)N1. The fourth-order valence-corrected chi connectivity index (χ4v) is 2.69. The molecular formula is C15H15N3O4. The van der Waals surface area contributed by atoms with Crippen LogP contribution >= 0.6 is 0 Å². The summed E-state index contributed by atoms with van der Waals surface area (Å²) in [7, 11) is 0. The molecule has 1 fully saturated rings. The Morgan fingerprint density at radius 1 is 1.32 bits per heavy atom. The highest BCUT2D eigenvalue weighted by Crippen LogP contribution is 2.22. The number of carbonyl (C=O) groups is 3. The number of aromatic nitrogens is 1. The molecule has 2 amide bonds. The number of carboxylic acids is 1. The number of aromatic carboxylic acids is 1. The number of rotatable bonds is 4. The Labute approximate surface area is 125 Å². The Hall–Kier alpha value is -2.67. The van der Waals surface area contributed by atoms with E-state index in [-0.39, 0.29) is 30.3 Å². The highest BCUT2D eigenvalue weighted by molar-refractivity contribution is 6.04. The maximum atomic E-state index is 11.7. The van der Waals surface area contributed by atoms with E-state index in [9.17, 15) is 19.5 Å². The summed E-state index contributed by atoms with van der Waals surface area (Å²) < 4.78 is 0. The summed E-state index contributed by atoms with van der Waals surface area (Å²) >= 11 is 0. The van der Waals surface area contributed by atoms with Gasteiger partial charge in [-0.05, 0) is 12.5 Å². The lowest BCUT2D eigenvalue weighted by atomic mass is 10.1. The third kappa shape index (κ3) is 2.58. The maximum absolute atomic E-state index is 11.7. The minimum atomic E-state index is -1.02. The van der Waals surface area contributed by atoms with Gasteiger partial charge < -0.3 is 15.4 Å². The first-order valence-corrected chi connectivity index (χ1v) is 6.96. The number of nitrogens with one attached hydrogen (secondary N) is 3. The molecule has 1 aromatic heterocycles. The van der Waals surface area contributed by atoms with Gasteiger partial charge in [0.25, 0.3) is 0 Å². The molecule has 1 aliphatic heterocycles. The molecule has 1 aromatic carbocycles. The van der Waals surface area contributed by atoms with Gasteiger partial charge in [-0.2, -0.15) is 0 Å². The summed E-state index contributed by atoms with van der Waals surface area (Å²) in [6, 6.07) is 6.65. The van der Waals surface area contributed by atoms with E-state index < -0.39 is 12.0 Å². The molecule has 0 radical (unpaired) electrons. The highest BCUT2D eigenvalue weighted by atomic mass is 16.4. The van der Waals surface area contributed by atoms with Crippen molar-refractivity contribution in [2.24, 2.45) is 0 Å². The number of hydrogen-bond donors (Lipinski definition) is 4. The monoisotopic (exact) mass is 301 g/mol. The van der Waals surface area contributed by atoms with E-state index in [0.717, 1.165) is 5.52 Å². The lowest BCUT2D eigenvalue weighted by molar-refractivity contribution is -0.134. The van der Waals surface area contributed by atoms with Crippen molar-refractivity contribution in [3.05, 3.63) is 35.5 Å². The number of carbonyl (C=O) groups excluding carboxylic acids is 2. The van der Waals surface area contributed by atoms with Crippen LogP contribution in [0.2, 0.25) is 0 Å². The van der Waals surface area contributed by atoms with Crippen LogP contribution in [0.5, 0.6) is 0 Å². The largest absolute Gasteiger partial charge is 0.478 e. The first-order valence-electron chi connectivity index (χ1n) is 6.96. The lowest BCUT2D eigenvalue weighted by Gasteiger charge is -2.21. The molecule has 7 nitrogen and oxygen atoms in total. The highest BCUT2D eigenvalue weighted by Gasteiger charge is 2.27. The van der Waals surface area contributed by atoms with Gasteiger partial charge in [0.15, 0.2) is 0 Å².